The fraction of sp³-hybridized carbons (Fsp3) is 0.0690. The summed E-state index contributed by atoms with van der Waals surface area (Å²) in [5.74, 6) is 0.811. The third kappa shape index (κ3) is 7.80. The molecule has 0 saturated heterocycles. The van der Waals surface area contributed by atoms with Gasteiger partial charge in [-0.3, -0.25) is 14.5 Å². The van der Waals surface area contributed by atoms with E-state index in [-0.39, 0.29) is 18.4 Å². The van der Waals surface area contributed by atoms with Crippen molar-refractivity contribution in [2.24, 2.45) is 0 Å². The molecule has 2 amide bonds. The molecule has 0 unspecified atom stereocenters. The number of carbonyl (C=O) groups excluding carboxylic acids is 2. The van der Waals surface area contributed by atoms with E-state index >= 15 is 0 Å². The van der Waals surface area contributed by atoms with Gasteiger partial charge in [-0.25, -0.2) is 9.97 Å². The third-order valence-corrected chi connectivity index (χ3v) is 12.6. The minimum atomic E-state index is -0.281. The number of nitriles is 2. The largest absolute Gasteiger partial charge is 0.497 e. The van der Waals surface area contributed by atoms with E-state index in [9.17, 15) is 20.1 Å². The van der Waals surface area contributed by atoms with Crippen LogP contribution in [0.2, 0.25) is 0 Å². The molecular weight excluding hydrogens is 859 g/mol. The van der Waals surface area contributed by atoms with Gasteiger partial charge < -0.3 is 19.4 Å². The number of rotatable bonds is 10. The van der Waals surface area contributed by atoms with Crippen LogP contribution in [0.5, 0.6) is 11.5 Å². The maximum atomic E-state index is 12.9. The van der Waals surface area contributed by atoms with Crippen LogP contribution < -0.4 is 9.47 Å². The number of aromatic nitrogens is 4. The smallest absolute Gasteiger partial charge is 0.261 e. The molecule has 3 aromatic heterocycles. The van der Waals surface area contributed by atoms with E-state index in [0.29, 0.717) is 41.0 Å². The lowest BCUT2D eigenvalue weighted by molar-refractivity contribution is 0.0646. The fourth-order valence-corrected chi connectivity index (χ4v) is 9.17. The number of H-pyrrole nitrogens is 2. The lowest BCUT2D eigenvalue weighted by Gasteiger charge is -2.14. The fourth-order valence-electron chi connectivity index (χ4n) is 9.17. The van der Waals surface area contributed by atoms with Crippen molar-refractivity contribution in [2.75, 3.05) is 20.3 Å². The topological polar surface area (TPSA) is 161 Å². The second-order valence-corrected chi connectivity index (χ2v) is 16.6. The molecule has 0 aliphatic carbocycles. The van der Waals surface area contributed by atoms with Gasteiger partial charge in [0.2, 0.25) is 0 Å². The molecule has 8 aromatic rings. The zero-order valence-corrected chi connectivity index (χ0v) is 37.2. The average molecular weight is 898 g/mol. The molecule has 3 aliphatic heterocycles. The Balaban J connectivity index is 1.08. The van der Waals surface area contributed by atoms with Gasteiger partial charge in [0.05, 0.1) is 70.9 Å². The molecule has 69 heavy (non-hydrogen) atoms. The SMILES string of the molecule is COc1ccc(-c2c3nc(c(-c4ccc(C#N)cc4)c4ccc([nH]4)c(-c4ccc(OCCCN5C(=O)c6ccccc6C5=O)cc4)c4nc(c(-c5ccc(C#N)cc5)c5ccc2[nH]5)C=C4)C=C3)cc1. The Morgan fingerprint density at radius 1 is 0.493 bits per heavy atom. The second kappa shape index (κ2) is 17.7. The summed E-state index contributed by atoms with van der Waals surface area (Å²) in [4.78, 5) is 45.3. The van der Waals surface area contributed by atoms with Crippen LogP contribution in [0.1, 0.15) is 61.0 Å². The van der Waals surface area contributed by atoms with Gasteiger partial charge in [-0.2, -0.15) is 10.5 Å². The first-order valence-corrected chi connectivity index (χ1v) is 22.4. The Morgan fingerprint density at radius 3 is 1.22 bits per heavy atom. The zero-order chi connectivity index (χ0) is 47.0. The maximum absolute atomic E-state index is 12.9. The highest BCUT2D eigenvalue weighted by Crippen LogP contribution is 2.39. The summed E-state index contributed by atoms with van der Waals surface area (Å²) in [5, 5.41) is 19.4. The highest BCUT2D eigenvalue weighted by atomic mass is 16.5. The first-order valence-electron chi connectivity index (χ1n) is 22.4. The van der Waals surface area contributed by atoms with Gasteiger partial charge in [-0.1, -0.05) is 60.7 Å². The molecule has 6 heterocycles. The molecule has 11 nitrogen and oxygen atoms in total. The van der Waals surface area contributed by atoms with Crippen LogP contribution in [0.3, 0.4) is 0 Å². The number of nitrogens with zero attached hydrogens (tertiary/aromatic N) is 5. The average Bonchev–Trinajstić information content (AvgIpc) is 4.27. The molecule has 0 saturated carbocycles. The van der Waals surface area contributed by atoms with Gasteiger partial charge in [-0.05, 0) is 138 Å². The molecule has 11 heteroatoms. The Morgan fingerprint density at radius 2 is 0.855 bits per heavy atom. The molecule has 3 aliphatic rings. The number of hydrogen-bond donors (Lipinski definition) is 2. The van der Waals surface area contributed by atoms with Gasteiger partial charge >= 0.3 is 0 Å². The summed E-state index contributed by atoms with van der Waals surface area (Å²) in [6, 6.07) is 50.3. The number of nitrogens with one attached hydrogen (secondary N) is 2. The number of imide groups is 1. The molecule has 11 rings (SSSR count). The van der Waals surface area contributed by atoms with Crippen LogP contribution in [0.15, 0.2) is 146 Å². The lowest BCUT2D eigenvalue weighted by atomic mass is 10.0. The molecular formula is C58H39N7O4. The number of fused-ring (bicyclic) bond motifs is 9. The van der Waals surface area contributed by atoms with E-state index in [0.717, 1.165) is 95.1 Å². The number of ether oxygens (including phenoxy) is 2. The van der Waals surface area contributed by atoms with Crippen molar-refractivity contribution in [3.05, 3.63) is 191 Å². The van der Waals surface area contributed by atoms with E-state index in [1.54, 1.807) is 31.4 Å². The summed E-state index contributed by atoms with van der Waals surface area (Å²) >= 11 is 0. The maximum Gasteiger partial charge on any atom is 0.261 e. The summed E-state index contributed by atoms with van der Waals surface area (Å²) in [7, 11) is 1.65. The van der Waals surface area contributed by atoms with Crippen LogP contribution in [0.4, 0.5) is 0 Å². The van der Waals surface area contributed by atoms with Gasteiger partial charge in [0.25, 0.3) is 11.8 Å². The standard InChI is InChI=1S/C58H39N7O4/c1-68-41-19-15-39(16-20-41)55-49-27-23-45(61-49)53(37-11-7-35(33-59)8-12-37)47-25-29-51(63-47)56(52-30-26-48(64-52)54(46-24-28-50(55)62-46)38-13-9-36(34-60)10-14-38)40-17-21-42(22-18-40)69-32-4-31-65-57(66)43-5-2-3-6-44(43)58(65)67/h2-3,5-30,61,64H,4,31-32H2,1H3. The Bertz CT molecular complexity index is 3610. The molecule has 2 N–H and O–H groups in total. The third-order valence-electron chi connectivity index (χ3n) is 12.6. The van der Waals surface area contributed by atoms with Crippen molar-refractivity contribution in [3.63, 3.8) is 0 Å². The van der Waals surface area contributed by atoms with Gasteiger partial charge in [0, 0.05) is 50.9 Å². The lowest BCUT2D eigenvalue weighted by Crippen LogP contribution is -2.31. The quantitative estimate of drug-likeness (QED) is 0.101. The van der Waals surface area contributed by atoms with E-state index in [4.69, 9.17) is 19.4 Å². The van der Waals surface area contributed by atoms with E-state index in [1.165, 1.54) is 4.90 Å². The van der Waals surface area contributed by atoms with Crippen LogP contribution in [0, 0.1) is 22.7 Å². The summed E-state index contributed by atoms with van der Waals surface area (Å²) in [5.41, 5.74) is 15.2. The molecule has 0 fully saturated rings. The Hall–Kier alpha value is -9.58. The zero-order valence-electron chi connectivity index (χ0n) is 37.2. The first-order chi connectivity index (χ1) is 33.9. The van der Waals surface area contributed by atoms with E-state index < -0.39 is 0 Å². The van der Waals surface area contributed by atoms with Crippen LogP contribution in [-0.2, 0) is 0 Å². The van der Waals surface area contributed by atoms with E-state index in [2.05, 4.69) is 34.2 Å². The predicted octanol–water partition coefficient (Wildman–Crippen LogP) is 12.1. The number of carbonyl (C=O) groups is 2. The highest BCUT2D eigenvalue weighted by molar-refractivity contribution is 6.21. The normalized spacial score (nSPS) is 12.5. The Labute approximate surface area is 396 Å². The van der Waals surface area contributed by atoms with Crippen molar-refractivity contribution in [1.29, 1.82) is 10.5 Å². The predicted molar refractivity (Wildman–Crippen MR) is 269 cm³/mol. The number of aromatic amines is 2. The first kappa shape index (κ1) is 42.1. The summed E-state index contributed by atoms with van der Waals surface area (Å²) in [6.45, 7) is 0.551. The van der Waals surface area contributed by atoms with Crippen molar-refractivity contribution in [2.45, 2.75) is 6.42 Å². The van der Waals surface area contributed by atoms with Crippen LogP contribution in [0.25, 0.3) is 90.9 Å². The van der Waals surface area contributed by atoms with Crippen LogP contribution >= 0.6 is 0 Å². The van der Waals surface area contributed by atoms with Crippen molar-refractivity contribution in [1.82, 2.24) is 24.8 Å². The number of benzene rings is 5. The summed E-state index contributed by atoms with van der Waals surface area (Å²) < 4.78 is 11.7. The van der Waals surface area contributed by atoms with Crippen molar-refractivity contribution >= 4 is 58.2 Å². The minimum absolute atomic E-state index is 0.249. The van der Waals surface area contributed by atoms with Crippen molar-refractivity contribution < 1.29 is 19.1 Å². The van der Waals surface area contributed by atoms with Crippen LogP contribution in [-0.4, -0.2) is 56.9 Å². The molecule has 0 atom stereocenters. The van der Waals surface area contributed by atoms with Gasteiger partial charge in [-0.15, -0.1) is 0 Å². The van der Waals surface area contributed by atoms with Gasteiger partial charge in [0.15, 0.2) is 0 Å². The number of methoxy groups -OCH3 is 1. The molecule has 0 radical (unpaired) electrons. The number of amides is 2. The second-order valence-electron chi connectivity index (χ2n) is 16.6. The highest BCUT2D eigenvalue weighted by Gasteiger charge is 2.34. The summed E-state index contributed by atoms with van der Waals surface area (Å²) in [6.07, 6.45) is 8.56. The van der Waals surface area contributed by atoms with E-state index in [1.807, 2.05) is 133 Å². The molecule has 8 bridgehead atoms. The van der Waals surface area contributed by atoms with Crippen molar-refractivity contribution in [3.8, 4) is 68.1 Å². The minimum Gasteiger partial charge on any atom is -0.497 e. The Kier molecular flexibility index (Phi) is 10.8. The molecule has 330 valence electrons. The number of hydrogen-bond acceptors (Lipinski definition) is 8. The van der Waals surface area contributed by atoms with Gasteiger partial charge in [0.1, 0.15) is 11.5 Å². The molecule has 0 spiro atoms. The molecule has 5 aromatic carbocycles. The monoisotopic (exact) mass is 897 g/mol.